The third-order valence-corrected chi connectivity index (χ3v) is 9.39. The van der Waals surface area contributed by atoms with Gasteiger partial charge in [-0.3, -0.25) is 4.57 Å². The standard InChI is InChI=1S/C44H51N3O2/c1-41(2,3)28-19-20-35-31(23-28)32-26-33(43(7,8)9)38(27-16-15-17-30(22-27)49-37-18-13-14-21-45-37)46-40(32)47(35)36-25-29(42(4,5)6)24-34(39(36)48)44(10,11)12/h13-26,48H,1-12H3. The molecule has 5 nitrogen and oxygen atoms in total. The number of hydrogen-bond donors (Lipinski definition) is 1. The van der Waals surface area contributed by atoms with Crippen LogP contribution < -0.4 is 4.74 Å². The quantitative estimate of drug-likeness (QED) is 0.206. The van der Waals surface area contributed by atoms with Crippen LogP contribution in [0.5, 0.6) is 17.4 Å². The fourth-order valence-corrected chi connectivity index (χ4v) is 6.46. The molecule has 0 atom stereocenters. The van der Waals surface area contributed by atoms with Crippen LogP contribution in [0, 0.1) is 0 Å². The van der Waals surface area contributed by atoms with E-state index in [1.807, 2.05) is 36.4 Å². The summed E-state index contributed by atoms with van der Waals surface area (Å²) >= 11 is 0. The van der Waals surface area contributed by atoms with Crippen molar-refractivity contribution >= 4 is 21.9 Å². The fraction of sp³-hybridized carbons (Fsp3) is 0.364. The molecule has 0 amide bonds. The van der Waals surface area contributed by atoms with Gasteiger partial charge in [0.15, 0.2) is 0 Å². The van der Waals surface area contributed by atoms with Gasteiger partial charge in [-0.25, -0.2) is 9.97 Å². The molecule has 0 saturated heterocycles. The summed E-state index contributed by atoms with van der Waals surface area (Å²) in [5.74, 6) is 1.52. The summed E-state index contributed by atoms with van der Waals surface area (Å²) in [5, 5.41) is 14.4. The SMILES string of the molecule is CC(C)(C)c1cc(-n2c3ccc(C(C)(C)C)cc3c3cc(C(C)(C)C)c(-c4cccc(Oc5ccccn5)c4)nc32)c(O)c(C(C)(C)C)c1. The maximum absolute atomic E-state index is 12.2. The van der Waals surface area contributed by atoms with Crippen LogP contribution in [0.4, 0.5) is 0 Å². The molecular weight excluding hydrogens is 603 g/mol. The van der Waals surface area contributed by atoms with Crippen molar-refractivity contribution in [1.29, 1.82) is 0 Å². The molecule has 0 radical (unpaired) electrons. The summed E-state index contributed by atoms with van der Waals surface area (Å²) in [6, 6.07) is 27.1. The van der Waals surface area contributed by atoms with Crippen molar-refractivity contribution in [1.82, 2.24) is 14.5 Å². The summed E-state index contributed by atoms with van der Waals surface area (Å²) in [6.07, 6.45) is 1.73. The number of benzene rings is 3. The first-order valence-corrected chi connectivity index (χ1v) is 17.3. The number of aromatic hydroxyl groups is 1. The Kier molecular flexibility index (Phi) is 8.21. The highest BCUT2D eigenvalue weighted by Crippen LogP contribution is 2.45. The zero-order chi connectivity index (χ0) is 35.7. The Balaban J connectivity index is 1.73. The number of phenols is 1. The Morgan fingerprint density at radius 3 is 1.92 bits per heavy atom. The number of hydrogen-bond acceptors (Lipinski definition) is 4. The van der Waals surface area contributed by atoms with Gasteiger partial charge < -0.3 is 9.84 Å². The Labute approximate surface area is 292 Å². The Morgan fingerprint density at radius 1 is 0.612 bits per heavy atom. The van der Waals surface area contributed by atoms with E-state index in [0.29, 0.717) is 11.6 Å². The molecule has 6 rings (SSSR count). The Bertz CT molecular complexity index is 2180. The molecule has 0 fully saturated rings. The van der Waals surface area contributed by atoms with Gasteiger partial charge in [-0.2, -0.15) is 0 Å². The predicted octanol–water partition coefficient (Wildman–Crippen LogP) is 11.9. The minimum Gasteiger partial charge on any atom is -0.505 e. The van der Waals surface area contributed by atoms with Gasteiger partial charge in [-0.05, 0) is 80.8 Å². The van der Waals surface area contributed by atoms with E-state index in [1.165, 1.54) is 5.56 Å². The number of pyridine rings is 2. The average Bonchev–Trinajstić information content (AvgIpc) is 3.32. The van der Waals surface area contributed by atoms with E-state index in [2.05, 4.69) is 135 Å². The number of aromatic nitrogens is 3. The third kappa shape index (κ3) is 6.56. The first-order chi connectivity index (χ1) is 22.7. The van der Waals surface area contributed by atoms with Gasteiger partial charge in [0, 0.05) is 34.2 Å². The van der Waals surface area contributed by atoms with E-state index in [-0.39, 0.29) is 27.4 Å². The normalized spacial score (nSPS) is 13.0. The van der Waals surface area contributed by atoms with Crippen molar-refractivity contribution in [2.75, 3.05) is 0 Å². The van der Waals surface area contributed by atoms with Crippen LogP contribution in [0.3, 0.4) is 0 Å². The second-order valence-corrected chi connectivity index (χ2v) is 17.5. The van der Waals surface area contributed by atoms with E-state index in [4.69, 9.17) is 9.72 Å². The monoisotopic (exact) mass is 653 g/mol. The lowest BCUT2D eigenvalue weighted by molar-refractivity contribution is 0.442. The lowest BCUT2D eigenvalue weighted by Gasteiger charge is -2.28. The molecule has 0 unspecified atom stereocenters. The number of ether oxygens (including phenoxy) is 1. The smallest absolute Gasteiger partial charge is 0.219 e. The Morgan fingerprint density at radius 2 is 1.31 bits per heavy atom. The lowest BCUT2D eigenvalue weighted by atomic mass is 9.79. The first kappa shape index (κ1) is 34.2. The van der Waals surface area contributed by atoms with E-state index >= 15 is 0 Å². The highest BCUT2D eigenvalue weighted by molar-refractivity contribution is 6.09. The molecule has 0 saturated carbocycles. The molecule has 254 valence electrons. The number of nitrogens with zero attached hydrogens (tertiary/aromatic N) is 3. The highest BCUT2D eigenvalue weighted by atomic mass is 16.5. The van der Waals surface area contributed by atoms with Crippen molar-refractivity contribution in [2.45, 2.75) is 105 Å². The maximum atomic E-state index is 12.2. The van der Waals surface area contributed by atoms with E-state index < -0.39 is 0 Å². The molecule has 6 aromatic rings. The van der Waals surface area contributed by atoms with Crippen molar-refractivity contribution in [2.24, 2.45) is 0 Å². The van der Waals surface area contributed by atoms with E-state index in [0.717, 1.165) is 55.6 Å². The van der Waals surface area contributed by atoms with E-state index in [9.17, 15) is 5.11 Å². The summed E-state index contributed by atoms with van der Waals surface area (Å²) < 4.78 is 8.35. The van der Waals surface area contributed by atoms with Crippen LogP contribution in [0.15, 0.2) is 85.1 Å². The molecule has 0 bridgehead atoms. The fourth-order valence-electron chi connectivity index (χ4n) is 6.46. The zero-order valence-corrected chi connectivity index (χ0v) is 31.3. The number of fused-ring (bicyclic) bond motifs is 3. The molecule has 49 heavy (non-hydrogen) atoms. The second-order valence-electron chi connectivity index (χ2n) is 17.5. The molecule has 0 spiro atoms. The second kappa shape index (κ2) is 11.8. The van der Waals surface area contributed by atoms with Crippen molar-refractivity contribution in [3.05, 3.63) is 107 Å². The number of phenolic OH excluding ortho intramolecular Hbond substituents is 1. The molecule has 0 aliphatic rings. The third-order valence-electron chi connectivity index (χ3n) is 9.39. The zero-order valence-electron chi connectivity index (χ0n) is 31.3. The van der Waals surface area contributed by atoms with Gasteiger partial charge in [0.2, 0.25) is 5.88 Å². The molecule has 3 aromatic carbocycles. The van der Waals surface area contributed by atoms with Gasteiger partial charge in [0.05, 0.1) is 16.9 Å². The van der Waals surface area contributed by atoms with Gasteiger partial charge in [0.1, 0.15) is 17.1 Å². The van der Waals surface area contributed by atoms with Crippen molar-refractivity contribution in [3.63, 3.8) is 0 Å². The topological polar surface area (TPSA) is 60.2 Å². The summed E-state index contributed by atoms with van der Waals surface area (Å²) in [4.78, 5) is 9.93. The van der Waals surface area contributed by atoms with Crippen LogP contribution in [-0.2, 0) is 21.7 Å². The van der Waals surface area contributed by atoms with Crippen molar-refractivity contribution < 1.29 is 9.84 Å². The number of rotatable bonds is 4. The molecule has 3 heterocycles. The summed E-state index contributed by atoms with van der Waals surface area (Å²) in [6.45, 7) is 26.6. The summed E-state index contributed by atoms with van der Waals surface area (Å²) in [5.41, 5.74) is 8.22. The van der Waals surface area contributed by atoms with Gasteiger partial charge in [-0.15, -0.1) is 0 Å². The average molecular weight is 654 g/mol. The largest absolute Gasteiger partial charge is 0.505 e. The Hall–Kier alpha value is -4.64. The molecule has 3 aromatic heterocycles. The minimum atomic E-state index is -0.274. The maximum Gasteiger partial charge on any atom is 0.219 e. The molecule has 5 heteroatoms. The minimum absolute atomic E-state index is 0.0371. The predicted molar refractivity (Wildman–Crippen MR) is 205 cm³/mol. The van der Waals surface area contributed by atoms with Crippen LogP contribution >= 0.6 is 0 Å². The first-order valence-electron chi connectivity index (χ1n) is 17.3. The van der Waals surface area contributed by atoms with Gasteiger partial charge >= 0.3 is 0 Å². The van der Waals surface area contributed by atoms with Gasteiger partial charge in [-0.1, -0.05) is 113 Å². The van der Waals surface area contributed by atoms with Crippen LogP contribution in [0.25, 0.3) is 38.9 Å². The van der Waals surface area contributed by atoms with Crippen LogP contribution in [0.2, 0.25) is 0 Å². The van der Waals surface area contributed by atoms with Crippen LogP contribution in [0.1, 0.15) is 105 Å². The summed E-state index contributed by atoms with van der Waals surface area (Å²) in [7, 11) is 0. The molecule has 1 N–H and O–H groups in total. The van der Waals surface area contributed by atoms with E-state index in [1.54, 1.807) is 6.20 Å². The molecule has 0 aliphatic heterocycles. The highest BCUT2D eigenvalue weighted by Gasteiger charge is 2.30. The molecule has 0 aliphatic carbocycles. The van der Waals surface area contributed by atoms with Crippen LogP contribution in [-0.4, -0.2) is 19.6 Å². The van der Waals surface area contributed by atoms with Crippen molar-refractivity contribution in [3.8, 4) is 34.3 Å². The molecular formula is C44H51N3O2. The lowest BCUT2D eigenvalue weighted by Crippen LogP contribution is -2.18. The van der Waals surface area contributed by atoms with Gasteiger partial charge in [0.25, 0.3) is 0 Å².